The van der Waals surface area contributed by atoms with Crippen molar-refractivity contribution in [3.05, 3.63) is 65.5 Å². The molecule has 0 saturated carbocycles. The van der Waals surface area contributed by atoms with Gasteiger partial charge in [0.2, 0.25) is 0 Å². The van der Waals surface area contributed by atoms with Gasteiger partial charge in [0.1, 0.15) is 19.0 Å². The summed E-state index contributed by atoms with van der Waals surface area (Å²) in [6.07, 6.45) is 2.26. The van der Waals surface area contributed by atoms with Crippen LogP contribution < -0.4 is 10.5 Å². The molecule has 0 saturated heterocycles. The molecule has 0 radical (unpaired) electrons. The zero-order chi connectivity index (χ0) is 27.1. The van der Waals surface area contributed by atoms with Gasteiger partial charge in [-0.15, -0.1) is 0 Å². The molecule has 4 heterocycles. The number of imidazole rings is 1. The van der Waals surface area contributed by atoms with E-state index in [9.17, 15) is 14.3 Å². The molecule has 39 heavy (non-hydrogen) atoms. The van der Waals surface area contributed by atoms with Crippen LogP contribution in [0.4, 0.5) is 4.39 Å². The molecule has 3 N–H and O–H groups in total. The van der Waals surface area contributed by atoms with Crippen LogP contribution >= 0.6 is 0 Å². The van der Waals surface area contributed by atoms with Crippen molar-refractivity contribution in [3.8, 4) is 17.3 Å². The number of aliphatic hydroxyl groups is 1. The first-order valence-electron chi connectivity index (χ1n) is 12.8. The smallest absolute Gasteiger partial charge is 0.254 e. The van der Waals surface area contributed by atoms with Crippen LogP contribution in [0.15, 0.2) is 53.2 Å². The standard InChI is InChI=1S/C28H29FN6O4/c1-33-23-11-17-6-8-34(15-19(30)14-29)28(37)21(17)13-22(23)32-27(33)24-12-18-3-2-4-25(38-10-9-36)26(18)35(24)16-20-5-7-31-39-20/h2-5,7,11-13,19,36H,6,8-10,14-16,30H2,1H3/t19-/m1/s1. The summed E-state index contributed by atoms with van der Waals surface area (Å²) < 4.78 is 28.4. The Hall–Kier alpha value is -4.22. The molecule has 1 aliphatic rings. The third kappa shape index (κ3) is 4.43. The molecular weight excluding hydrogens is 503 g/mol. The van der Waals surface area contributed by atoms with Crippen LogP contribution in [0.3, 0.4) is 0 Å². The van der Waals surface area contributed by atoms with Gasteiger partial charge in [0.15, 0.2) is 11.6 Å². The number of aryl methyl sites for hydroxylation is 1. The maximum atomic E-state index is 13.2. The monoisotopic (exact) mass is 532 g/mol. The maximum absolute atomic E-state index is 13.2. The zero-order valence-electron chi connectivity index (χ0n) is 21.5. The van der Waals surface area contributed by atoms with E-state index in [2.05, 4.69) is 9.72 Å². The molecule has 6 rings (SSSR count). The number of carbonyl (C=O) groups is 1. The minimum atomic E-state index is -0.696. The zero-order valence-corrected chi connectivity index (χ0v) is 21.5. The molecular formula is C28H29FN6O4. The number of nitrogens with zero attached hydrogens (tertiary/aromatic N) is 5. The van der Waals surface area contributed by atoms with E-state index in [0.29, 0.717) is 47.9 Å². The fraction of sp³-hybridized carbons (Fsp3) is 0.321. The van der Waals surface area contributed by atoms with Gasteiger partial charge in [-0.3, -0.25) is 4.79 Å². The van der Waals surface area contributed by atoms with Crippen molar-refractivity contribution in [2.45, 2.75) is 19.0 Å². The van der Waals surface area contributed by atoms with Crippen molar-refractivity contribution >= 4 is 27.8 Å². The number of aromatic nitrogens is 4. The molecule has 202 valence electrons. The van der Waals surface area contributed by atoms with Crippen molar-refractivity contribution in [2.75, 3.05) is 33.0 Å². The summed E-state index contributed by atoms with van der Waals surface area (Å²) in [6, 6.07) is 12.8. The average molecular weight is 533 g/mol. The predicted octanol–water partition coefficient (Wildman–Crippen LogP) is 2.90. The van der Waals surface area contributed by atoms with Gasteiger partial charge in [-0.05, 0) is 36.2 Å². The highest BCUT2D eigenvalue weighted by Crippen LogP contribution is 2.36. The lowest BCUT2D eigenvalue weighted by molar-refractivity contribution is 0.0725. The molecule has 5 aromatic rings. The SMILES string of the molecule is Cn1c(-c2cc3cccc(OCCO)c3n2Cc2ccno2)nc2cc3c(cc21)CCN(C[C@H](N)CF)C3=O. The van der Waals surface area contributed by atoms with Crippen LogP contribution in [0, 0.1) is 0 Å². The molecule has 10 nitrogen and oxygen atoms in total. The van der Waals surface area contributed by atoms with Gasteiger partial charge >= 0.3 is 0 Å². The minimum absolute atomic E-state index is 0.0999. The molecule has 1 atom stereocenters. The molecule has 11 heteroatoms. The number of alkyl halides is 1. The number of halogens is 1. The summed E-state index contributed by atoms with van der Waals surface area (Å²) in [5, 5.41) is 14.1. The quantitative estimate of drug-likeness (QED) is 0.299. The van der Waals surface area contributed by atoms with Gasteiger partial charge < -0.3 is 34.1 Å². The van der Waals surface area contributed by atoms with Crippen molar-refractivity contribution in [2.24, 2.45) is 12.8 Å². The topological polar surface area (TPSA) is 125 Å². The highest BCUT2D eigenvalue weighted by atomic mass is 19.1. The molecule has 0 bridgehead atoms. The third-order valence-electron chi connectivity index (χ3n) is 7.19. The van der Waals surface area contributed by atoms with E-state index in [1.165, 1.54) is 0 Å². The Balaban J connectivity index is 1.48. The van der Waals surface area contributed by atoms with E-state index in [-0.39, 0.29) is 25.7 Å². The number of ether oxygens (including phenoxy) is 1. The number of rotatable bonds is 9. The van der Waals surface area contributed by atoms with Crippen LogP contribution in [0.2, 0.25) is 0 Å². The predicted molar refractivity (Wildman–Crippen MR) is 143 cm³/mol. The summed E-state index contributed by atoms with van der Waals surface area (Å²) in [7, 11) is 1.95. The van der Waals surface area contributed by atoms with Gasteiger partial charge in [-0.1, -0.05) is 17.3 Å². The Morgan fingerprint density at radius 2 is 2.13 bits per heavy atom. The van der Waals surface area contributed by atoms with E-state index in [0.717, 1.165) is 27.7 Å². The van der Waals surface area contributed by atoms with Crippen molar-refractivity contribution < 1.29 is 23.6 Å². The molecule has 3 aromatic heterocycles. The maximum Gasteiger partial charge on any atom is 0.254 e. The molecule has 0 aliphatic carbocycles. The molecule has 0 unspecified atom stereocenters. The van der Waals surface area contributed by atoms with Crippen LogP contribution in [-0.2, 0) is 20.0 Å². The molecule has 1 aliphatic heterocycles. The molecule has 1 amide bonds. The number of carbonyl (C=O) groups excluding carboxylic acids is 1. The lowest BCUT2D eigenvalue weighted by Gasteiger charge is -2.30. The van der Waals surface area contributed by atoms with Crippen molar-refractivity contribution in [1.82, 2.24) is 24.2 Å². The van der Waals surface area contributed by atoms with E-state index in [4.69, 9.17) is 20.0 Å². The lowest BCUT2D eigenvalue weighted by atomic mass is 9.97. The Bertz CT molecular complexity index is 1660. The van der Waals surface area contributed by atoms with Gasteiger partial charge in [-0.2, -0.15) is 0 Å². The van der Waals surface area contributed by atoms with Crippen LogP contribution in [0.5, 0.6) is 5.75 Å². The summed E-state index contributed by atoms with van der Waals surface area (Å²) in [5.41, 5.74) is 10.6. The van der Waals surface area contributed by atoms with E-state index >= 15 is 0 Å². The van der Waals surface area contributed by atoms with Crippen LogP contribution in [-0.4, -0.2) is 74.2 Å². The Labute approximate surface area is 223 Å². The number of fused-ring (bicyclic) bond motifs is 3. The lowest BCUT2D eigenvalue weighted by Crippen LogP contribution is -2.45. The van der Waals surface area contributed by atoms with E-state index in [1.54, 1.807) is 11.1 Å². The van der Waals surface area contributed by atoms with E-state index < -0.39 is 12.7 Å². The number of nitrogens with two attached hydrogens (primary N) is 1. The highest BCUT2D eigenvalue weighted by molar-refractivity contribution is 6.01. The van der Waals surface area contributed by atoms with Gasteiger partial charge in [0.05, 0.1) is 47.6 Å². The first-order valence-corrected chi connectivity index (χ1v) is 12.8. The molecule has 2 aromatic carbocycles. The summed E-state index contributed by atoms with van der Waals surface area (Å²) in [6.45, 7) is 0.466. The minimum Gasteiger partial charge on any atom is -0.489 e. The van der Waals surface area contributed by atoms with Crippen molar-refractivity contribution in [3.63, 3.8) is 0 Å². The van der Waals surface area contributed by atoms with E-state index in [1.807, 2.05) is 54.1 Å². The van der Waals surface area contributed by atoms with Crippen LogP contribution in [0.25, 0.3) is 33.5 Å². The number of amides is 1. The number of aliphatic hydroxyl groups excluding tert-OH is 1. The van der Waals surface area contributed by atoms with Gasteiger partial charge in [0, 0.05) is 37.2 Å². The highest BCUT2D eigenvalue weighted by Gasteiger charge is 2.28. The number of benzene rings is 2. The first-order chi connectivity index (χ1) is 19.0. The summed E-state index contributed by atoms with van der Waals surface area (Å²) in [5.74, 6) is 1.86. The molecule has 0 spiro atoms. The summed E-state index contributed by atoms with van der Waals surface area (Å²) in [4.78, 5) is 19.8. The Kier molecular flexibility index (Phi) is 6.53. The Morgan fingerprint density at radius 3 is 2.90 bits per heavy atom. The second-order valence-electron chi connectivity index (χ2n) is 9.77. The van der Waals surface area contributed by atoms with Crippen molar-refractivity contribution in [1.29, 1.82) is 0 Å². The van der Waals surface area contributed by atoms with Crippen LogP contribution in [0.1, 0.15) is 21.7 Å². The number of para-hydroxylation sites is 1. The first kappa shape index (κ1) is 25.1. The van der Waals surface area contributed by atoms with Gasteiger partial charge in [-0.25, -0.2) is 9.37 Å². The van der Waals surface area contributed by atoms with Gasteiger partial charge in [0.25, 0.3) is 5.91 Å². The molecule has 0 fully saturated rings. The second-order valence-corrected chi connectivity index (χ2v) is 9.77. The number of hydrogen-bond acceptors (Lipinski definition) is 7. The number of hydrogen-bond donors (Lipinski definition) is 2. The second kappa shape index (κ2) is 10.2. The normalized spacial score (nSPS) is 14.4. The average Bonchev–Trinajstić information content (AvgIpc) is 3.67. The fourth-order valence-electron chi connectivity index (χ4n) is 5.34. The summed E-state index contributed by atoms with van der Waals surface area (Å²) >= 11 is 0. The Morgan fingerprint density at radius 1 is 1.26 bits per heavy atom. The largest absolute Gasteiger partial charge is 0.489 e. The third-order valence-corrected chi connectivity index (χ3v) is 7.19. The fourth-order valence-corrected chi connectivity index (χ4v) is 5.34.